The standard InChI is InChI=1S/C22H26N2O2/c1-4-12-24-13-11-17-16-7-5-6-8-18(16)23-21(17)22(24)15-9-10-19(25-2)20(14-15)26-3/h5-10,14,22-23H,4,11-13H2,1-3H3. The Kier molecular flexibility index (Phi) is 4.60. The van der Waals surface area contributed by atoms with Crippen LogP contribution >= 0.6 is 0 Å². The van der Waals surface area contributed by atoms with Gasteiger partial charge in [-0.3, -0.25) is 4.90 Å². The highest BCUT2D eigenvalue weighted by Gasteiger charge is 2.31. The van der Waals surface area contributed by atoms with E-state index >= 15 is 0 Å². The van der Waals surface area contributed by atoms with Gasteiger partial charge in [0.2, 0.25) is 0 Å². The molecule has 0 saturated heterocycles. The molecule has 136 valence electrons. The molecule has 4 nitrogen and oxygen atoms in total. The van der Waals surface area contributed by atoms with E-state index in [1.54, 1.807) is 14.2 Å². The van der Waals surface area contributed by atoms with E-state index in [4.69, 9.17) is 9.47 Å². The number of para-hydroxylation sites is 1. The van der Waals surface area contributed by atoms with Crippen LogP contribution in [0.3, 0.4) is 0 Å². The molecule has 1 aliphatic rings. The number of H-pyrrole nitrogens is 1. The molecule has 0 bridgehead atoms. The second-order valence-electron chi connectivity index (χ2n) is 6.87. The maximum atomic E-state index is 5.56. The largest absolute Gasteiger partial charge is 0.493 e. The summed E-state index contributed by atoms with van der Waals surface area (Å²) in [6, 6.07) is 15.1. The Morgan fingerprint density at radius 2 is 1.88 bits per heavy atom. The van der Waals surface area contributed by atoms with Crippen LogP contribution in [0, 0.1) is 0 Å². The summed E-state index contributed by atoms with van der Waals surface area (Å²) < 4.78 is 11.0. The van der Waals surface area contributed by atoms with Crippen LogP contribution in [-0.2, 0) is 6.42 Å². The van der Waals surface area contributed by atoms with Gasteiger partial charge in [0.05, 0.1) is 20.3 Å². The number of rotatable bonds is 5. The number of hydrogen-bond acceptors (Lipinski definition) is 3. The van der Waals surface area contributed by atoms with Gasteiger partial charge in [0.1, 0.15) is 0 Å². The number of benzene rings is 2. The zero-order valence-corrected chi connectivity index (χ0v) is 15.7. The van der Waals surface area contributed by atoms with Crippen molar-refractivity contribution in [3.8, 4) is 11.5 Å². The third kappa shape index (κ3) is 2.74. The lowest BCUT2D eigenvalue weighted by molar-refractivity contribution is 0.211. The minimum Gasteiger partial charge on any atom is -0.493 e. The van der Waals surface area contributed by atoms with E-state index in [0.717, 1.165) is 37.4 Å². The summed E-state index contributed by atoms with van der Waals surface area (Å²) in [7, 11) is 3.37. The van der Waals surface area contributed by atoms with Crippen molar-refractivity contribution in [2.75, 3.05) is 27.3 Å². The highest BCUT2D eigenvalue weighted by molar-refractivity contribution is 5.85. The van der Waals surface area contributed by atoms with Gasteiger partial charge in [-0.05, 0) is 48.7 Å². The average molecular weight is 350 g/mol. The lowest BCUT2D eigenvalue weighted by atomic mass is 9.92. The van der Waals surface area contributed by atoms with Crippen LogP contribution in [0.25, 0.3) is 10.9 Å². The number of aromatic amines is 1. The zero-order chi connectivity index (χ0) is 18.1. The van der Waals surface area contributed by atoms with Gasteiger partial charge in [-0.15, -0.1) is 0 Å². The van der Waals surface area contributed by atoms with Gasteiger partial charge in [0.15, 0.2) is 11.5 Å². The molecule has 4 heteroatoms. The quantitative estimate of drug-likeness (QED) is 0.734. The number of hydrogen-bond donors (Lipinski definition) is 1. The van der Waals surface area contributed by atoms with Crippen LogP contribution in [0.2, 0.25) is 0 Å². The molecule has 0 spiro atoms. The van der Waals surface area contributed by atoms with Crippen LogP contribution in [0.15, 0.2) is 42.5 Å². The van der Waals surface area contributed by atoms with Crippen molar-refractivity contribution in [2.24, 2.45) is 0 Å². The Hall–Kier alpha value is -2.46. The molecule has 0 saturated carbocycles. The molecule has 3 aromatic rings. The zero-order valence-electron chi connectivity index (χ0n) is 15.7. The lowest BCUT2D eigenvalue weighted by Crippen LogP contribution is -2.36. The molecule has 1 aliphatic heterocycles. The third-order valence-electron chi connectivity index (χ3n) is 5.37. The topological polar surface area (TPSA) is 37.5 Å². The van der Waals surface area contributed by atoms with E-state index in [9.17, 15) is 0 Å². The van der Waals surface area contributed by atoms with Gasteiger partial charge in [0, 0.05) is 23.1 Å². The molecular weight excluding hydrogens is 324 g/mol. The van der Waals surface area contributed by atoms with Gasteiger partial charge in [-0.25, -0.2) is 0 Å². The van der Waals surface area contributed by atoms with Gasteiger partial charge >= 0.3 is 0 Å². The van der Waals surface area contributed by atoms with Crippen molar-refractivity contribution in [2.45, 2.75) is 25.8 Å². The van der Waals surface area contributed by atoms with Crippen LogP contribution in [-0.4, -0.2) is 37.2 Å². The molecule has 1 N–H and O–H groups in total. The minimum absolute atomic E-state index is 0.214. The third-order valence-corrected chi connectivity index (χ3v) is 5.37. The van der Waals surface area contributed by atoms with Crippen LogP contribution < -0.4 is 9.47 Å². The van der Waals surface area contributed by atoms with E-state index in [-0.39, 0.29) is 6.04 Å². The maximum absolute atomic E-state index is 5.56. The van der Waals surface area contributed by atoms with E-state index < -0.39 is 0 Å². The molecule has 0 aliphatic carbocycles. The molecule has 2 heterocycles. The Balaban J connectivity index is 1.86. The minimum atomic E-state index is 0.214. The molecule has 0 amide bonds. The first-order valence-electron chi connectivity index (χ1n) is 9.32. The number of methoxy groups -OCH3 is 2. The molecular formula is C22H26N2O2. The summed E-state index contributed by atoms with van der Waals surface area (Å²) >= 11 is 0. The van der Waals surface area contributed by atoms with Crippen molar-refractivity contribution in [3.63, 3.8) is 0 Å². The fourth-order valence-corrected chi connectivity index (χ4v) is 4.22. The van der Waals surface area contributed by atoms with Crippen LogP contribution in [0.5, 0.6) is 11.5 Å². The average Bonchev–Trinajstić information content (AvgIpc) is 3.06. The molecule has 1 atom stereocenters. The van der Waals surface area contributed by atoms with Crippen LogP contribution in [0.1, 0.15) is 36.2 Å². The summed E-state index contributed by atoms with van der Waals surface area (Å²) in [4.78, 5) is 6.27. The fraction of sp³-hybridized carbons (Fsp3) is 0.364. The second kappa shape index (κ2) is 7.04. The number of aromatic nitrogens is 1. The predicted octanol–water partition coefficient (Wildman–Crippen LogP) is 4.54. The van der Waals surface area contributed by atoms with Gasteiger partial charge < -0.3 is 14.5 Å². The molecule has 26 heavy (non-hydrogen) atoms. The molecule has 2 aromatic carbocycles. The number of ether oxygens (including phenoxy) is 2. The van der Waals surface area contributed by atoms with E-state index in [1.165, 1.54) is 27.7 Å². The van der Waals surface area contributed by atoms with E-state index in [0.29, 0.717) is 0 Å². The lowest BCUT2D eigenvalue weighted by Gasteiger charge is -2.36. The Morgan fingerprint density at radius 3 is 2.65 bits per heavy atom. The predicted molar refractivity (Wildman–Crippen MR) is 105 cm³/mol. The fourth-order valence-electron chi connectivity index (χ4n) is 4.22. The summed E-state index contributed by atoms with van der Waals surface area (Å²) in [6.45, 7) is 4.39. The Morgan fingerprint density at radius 1 is 1.08 bits per heavy atom. The van der Waals surface area contributed by atoms with Crippen molar-refractivity contribution in [1.82, 2.24) is 9.88 Å². The smallest absolute Gasteiger partial charge is 0.161 e. The van der Waals surface area contributed by atoms with Crippen LogP contribution in [0.4, 0.5) is 0 Å². The number of nitrogens with one attached hydrogen (secondary N) is 1. The first kappa shape index (κ1) is 17.0. The maximum Gasteiger partial charge on any atom is 0.161 e. The van der Waals surface area contributed by atoms with Crippen molar-refractivity contribution in [3.05, 3.63) is 59.3 Å². The SMILES string of the molecule is CCCN1CCc2c([nH]c3ccccc23)C1c1ccc(OC)c(OC)c1. The first-order valence-corrected chi connectivity index (χ1v) is 9.32. The van der Waals surface area contributed by atoms with Crippen molar-refractivity contribution >= 4 is 10.9 Å². The molecule has 1 aromatic heterocycles. The molecule has 0 fully saturated rings. The first-order chi connectivity index (χ1) is 12.8. The van der Waals surface area contributed by atoms with E-state index in [1.807, 2.05) is 6.07 Å². The highest BCUT2D eigenvalue weighted by Crippen LogP contribution is 2.40. The number of nitrogens with zero attached hydrogens (tertiary/aromatic N) is 1. The number of fused-ring (bicyclic) bond motifs is 3. The van der Waals surface area contributed by atoms with Gasteiger partial charge in [0.25, 0.3) is 0 Å². The molecule has 1 unspecified atom stereocenters. The Labute approximate surface area is 154 Å². The summed E-state index contributed by atoms with van der Waals surface area (Å²) in [5, 5.41) is 1.35. The summed E-state index contributed by atoms with van der Waals surface area (Å²) in [5.41, 5.74) is 5.23. The van der Waals surface area contributed by atoms with Crippen molar-refractivity contribution < 1.29 is 9.47 Å². The summed E-state index contributed by atoms with van der Waals surface area (Å²) in [6.07, 6.45) is 2.22. The Bertz CT molecular complexity index is 916. The highest BCUT2D eigenvalue weighted by atomic mass is 16.5. The molecule has 0 radical (unpaired) electrons. The van der Waals surface area contributed by atoms with E-state index in [2.05, 4.69) is 53.2 Å². The second-order valence-corrected chi connectivity index (χ2v) is 6.87. The monoisotopic (exact) mass is 350 g/mol. The van der Waals surface area contributed by atoms with Crippen molar-refractivity contribution in [1.29, 1.82) is 0 Å². The van der Waals surface area contributed by atoms with Gasteiger partial charge in [-0.1, -0.05) is 31.2 Å². The molecule has 4 rings (SSSR count). The normalized spacial score (nSPS) is 17.3. The summed E-state index contributed by atoms with van der Waals surface area (Å²) in [5.74, 6) is 1.55. The van der Waals surface area contributed by atoms with Gasteiger partial charge in [-0.2, -0.15) is 0 Å².